The molecule has 0 aromatic carbocycles. The number of ether oxygens (including phenoxy) is 1. The average molecular weight is 384 g/mol. The van der Waals surface area contributed by atoms with Gasteiger partial charge in [0.15, 0.2) is 0 Å². The van der Waals surface area contributed by atoms with Gasteiger partial charge in [-0.05, 0) is 51.5 Å². The van der Waals surface area contributed by atoms with Gasteiger partial charge in [0.1, 0.15) is 0 Å². The Morgan fingerprint density at radius 1 is 0.926 bits per heavy atom. The van der Waals surface area contributed by atoms with Crippen LogP contribution < -0.4 is 5.32 Å². The predicted molar refractivity (Wildman–Crippen MR) is 113 cm³/mol. The monoisotopic (exact) mass is 383 g/mol. The van der Waals surface area contributed by atoms with E-state index in [1.807, 2.05) is 0 Å². The van der Waals surface area contributed by atoms with Gasteiger partial charge in [0, 0.05) is 12.5 Å². The van der Waals surface area contributed by atoms with E-state index in [9.17, 15) is 9.90 Å². The zero-order valence-corrected chi connectivity index (χ0v) is 17.9. The fourth-order valence-corrected chi connectivity index (χ4v) is 3.90. The van der Waals surface area contributed by atoms with E-state index in [2.05, 4.69) is 12.2 Å². The third-order valence-electron chi connectivity index (χ3n) is 5.65. The van der Waals surface area contributed by atoms with Gasteiger partial charge in [-0.25, -0.2) is 0 Å². The van der Waals surface area contributed by atoms with E-state index in [0.717, 1.165) is 51.5 Å². The molecule has 0 bridgehead atoms. The highest BCUT2D eigenvalue weighted by molar-refractivity contribution is 5.69. The van der Waals surface area contributed by atoms with Crippen LogP contribution in [0.4, 0.5) is 0 Å². The fourth-order valence-electron chi connectivity index (χ4n) is 3.90. The van der Waals surface area contributed by atoms with Crippen LogP contribution in [0.3, 0.4) is 0 Å². The number of unbranched alkanes of at least 4 members (excludes halogenated alkanes) is 10. The van der Waals surface area contributed by atoms with Gasteiger partial charge in [0.25, 0.3) is 0 Å². The van der Waals surface area contributed by atoms with Gasteiger partial charge < -0.3 is 15.2 Å². The lowest BCUT2D eigenvalue weighted by atomic mass is 9.93. The van der Waals surface area contributed by atoms with Crippen molar-refractivity contribution in [2.45, 2.75) is 128 Å². The van der Waals surface area contributed by atoms with E-state index >= 15 is 0 Å². The van der Waals surface area contributed by atoms with Crippen molar-refractivity contribution in [3.8, 4) is 0 Å². The summed E-state index contributed by atoms with van der Waals surface area (Å²) in [6.07, 6.45) is 19.3. The summed E-state index contributed by atoms with van der Waals surface area (Å²) in [5.41, 5.74) is 0. The van der Waals surface area contributed by atoms with Crippen LogP contribution in [0.15, 0.2) is 0 Å². The highest BCUT2D eigenvalue weighted by atomic mass is 16.5. The van der Waals surface area contributed by atoms with Gasteiger partial charge in [0.2, 0.25) is 0 Å². The standard InChI is InChI=1S/C23H45NO3/c1-2-3-4-5-6-7-8-9-13-19-27-23(26)17-11-10-12-18-24-21-15-14-16-22(25)20-21/h21-22,24-25H,2-20H2,1H3. The number of rotatable bonds is 17. The minimum Gasteiger partial charge on any atom is -0.466 e. The molecule has 0 heterocycles. The molecule has 0 saturated heterocycles. The normalized spacial score (nSPS) is 19.9. The van der Waals surface area contributed by atoms with E-state index < -0.39 is 0 Å². The maximum absolute atomic E-state index is 11.7. The Morgan fingerprint density at radius 3 is 2.30 bits per heavy atom. The zero-order chi connectivity index (χ0) is 19.6. The number of carbonyl (C=O) groups is 1. The first-order valence-corrected chi connectivity index (χ1v) is 11.8. The SMILES string of the molecule is CCCCCCCCCCCOC(=O)CCCCCNC1CCCC(O)C1. The zero-order valence-electron chi connectivity index (χ0n) is 17.9. The van der Waals surface area contributed by atoms with Crippen molar-refractivity contribution in [3.63, 3.8) is 0 Å². The molecule has 0 spiro atoms. The number of hydrogen-bond donors (Lipinski definition) is 2. The molecule has 0 aromatic heterocycles. The maximum atomic E-state index is 11.7. The number of hydrogen-bond acceptors (Lipinski definition) is 4. The molecule has 4 nitrogen and oxygen atoms in total. The number of esters is 1. The van der Waals surface area contributed by atoms with Crippen LogP contribution in [0.2, 0.25) is 0 Å². The number of nitrogens with one attached hydrogen (secondary N) is 1. The summed E-state index contributed by atoms with van der Waals surface area (Å²) < 4.78 is 5.33. The Morgan fingerprint density at radius 2 is 1.59 bits per heavy atom. The van der Waals surface area contributed by atoms with E-state index in [1.165, 1.54) is 57.8 Å². The molecular weight excluding hydrogens is 338 g/mol. The number of aliphatic hydroxyl groups excluding tert-OH is 1. The van der Waals surface area contributed by atoms with Crippen molar-refractivity contribution in [3.05, 3.63) is 0 Å². The van der Waals surface area contributed by atoms with Gasteiger partial charge in [-0.2, -0.15) is 0 Å². The highest BCUT2D eigenvalue weighted by Gasteiger charge is 2.18. The third-order valence-corrected chi connectivity index (χ3v) is 5.65. The summed E-state index contributed by atoms with van der Waals surface area (Å²) in [5.74, 6) is -0.0297. The van der Waals surface area contributed by atoms with Crippen LogP contribution in [0, 0.1) is 0 Å². The third kappa shape index (κ3) is 15.0. The van der Waals surface area contributed by atoms with Gasteiger partial charge in [-0.15, -0.1) is 0 Å². The van der Waals surface area contributed by atoms with Crippen LogP contribution in [0.25, 0.3) is 0 Å². The van der Waals surface area contributed by atoms with Gasteiger partial charge in [-0.1, -0.05) is 64.7 Å². The summed E-state index contributed by atoms with van der Waals surface area (Å²) in [7, 11) is 0. The van der Waals surface area contributed by atoms with Crippen LogP contribution in [0.1, 0.15) is 116 Å². The molecule has 160 valence electrons. The largest absolute Gasteiger partial charge is 0.466 e. The molecular formula is C23H45NO3. The molecule has 2 atom stereocenters. The van der Waals surface area contributed by atoms with Gasteiger partial charge in [0.05, 0.1) is 12.7 Å². The Labute approximate surface area is 167 Å². The molecule has 2 N–H and O–H groups in total. The molecule has 2 unspecified atom stereocenters. The Hall–Kier alpha value is -0.610. The van der Waals surface area contributed by atoms with Gasteiger partial charge >= 0.3 is 5.97 Å². The fraction of sp³-hybridized carbons (Fsp3) is 0.957. The van der Waals surface area contributed by atoms with Crippen LogP contribution in [-0.4, -0.2) is 36.4 Å². The minimum atomic E-state index is -0.114. The lowest BCUT2D eigenvalue weighted by molar-refractivity contribution is -0.143. The number of carbonyl (C=O) groups excluding carboxylic acids is 1. The van der Waals surface area contributed by atoms with Crippen LogP contribution in [0.5, 0.6) is 0 Å². The summed E-state index contributed by atoms with van der Waals surface area (Å²) in [6, 6.07) is 0.482. The molecule has 1 saturated carbocycles. The molecule has 1 rings (SSSR count). The van der Waals surface area contributed by atoms with Crippen molar-refractivity contribution in [2.24, 2.45) is 0 Å². The molecule has 27 heavy (non-hydrogen) atoms. The minimum absolute atomic E-state index is 0.0297. The first-order chi connectivity index (χ1) is 13.2. The quantitative estimate of drug-likeness (QED) is 0.257. The van der Waals surface area contributed by atoms with E-state index in [0.29, 0.717) is 19.1 Å². The van der Waals surface area contributed by atoms with Crippen LogP contribution >= 0.6 is 0 Å². The van der Waals surface area contributed by atoms with Crippen LogP contribution in [-0.2, 0) is 9.53 Å². The first-order valence-electron chi connectivity index (χ1n) is 11.8. The summed E-state index contributed by atoms with van der Waals surface area (Å²) in [4.78, 5) is 11.7. The lowest BCUT2D eigenvalue weighted by Crippen LogP contribution is -2.36. The highest BCUT2D eigenvalue weighted by Crippen LogP contribution is 2.18. The molecule has 0 aromatic rings. The second-order valence-corrected chi connectivity index (χ2v) is 8.33. The summed E-state index contributed by atoms with van der Waals surface area (Å²) in [5, 5.41) is 13.2. The van der Waals surface area contributed by atoms with E-state index in [1.54, 1.807) is 0 Å². The summed E-state index contributed by atoms with van der Waals surface area (Å²) >= 11 is 0. The van der Waals surface area contributed by atoms with E-state index in [4.69, 9.17) is 4.74 Å². The predicted octanol–water partition coefficient (Wildman–Crippen LogP) is 5.51. The van der Waals surface area contributed by atoms with Crippen molar-refractivity contribution in [1.82, 2.24) is 5.32 Å². The van der Waals surface area contributed by atoms with Crippen molar-refractivity contribution < 1.29 is 14.6 Å². The summed E-state index contributed by atoms with van der Waals surface area (Å²) in [6.45, 7) is 3.84. The molecule has 0 radical (unpaired) electrons. The van der Waals surface area contributed by atoms with E-state index in [-0.39, 0.29) is 12.1 Å². The smallest absolute Gasteiger partial charge is 0.305 e. The topological polar surface area (TPSA) is 58.6 Å². The molecule has 0 amide bonds. The molecule has 4 heteroatoms. The van der Waals surface area contributed by atoms with Crippen molar-refractivity contribution in [2.75, 3.05) is 13.2 Å². The number of aliphatic hydroxyl groups is 1. The molecule has 1 aliphatic rings. The Kier molecular flexibility index (Phi) is 15.8. The first kappa shape index (κ1) is 24.4. The second kappa shape index (κ2) is 17.5. The second-order valence-electron chi connectivity index (χ2n) is 8.33. The average Bonchev–Trinajstić information content (AvgIpc) is 2.66. The molecule has 1 aliphatic carbocycles. The Bertz CT molecular complexity index is 349. The lowest BCUT2D eigenvalue weighted by Gasteiger charge is -2.26. The maximum Gasteiger partial charge on any atom is 0.305 e. The van der Waals surface area contributed by atoms with Crippen molar-refractivity contribution >= 4 is 5.97 Å². The molecule has 1 fully saturated rings. The Balaban J connectivity index is 1.78. The van der Waals surface area contributed by atoms with Crippen molar-refractivity contribution in [1.29, 1.82) is 0 Å². The molecule has 0 aliphatic heterocycles. The van der Waals surface area contributed by atoms with Gasteiger partial charge in [-0.3, -0.25) is 4.79 Å².